The number of hydrogen-bond donors (Lipinski definition) is 1. The van der Waals surface area contributed by atoms with Crippen LogP contribution in [-0.4, -0.2) is 10.8 Å². The highest BCUT2D eigenvalue weighted by Crippen LogP contribution is 2.39. The number of nitriles is 1. The van der Waals surface area contributed by atoms with Crippen LogP contribution in [-0.2, 0) is 12.8 Å². The Morgan fingerprint density at radius 2 is 2.29 bits per heavy atom. The van der Waals surface area contributed by atoms with Crippen LogP contribution in [0.25, 0.3) is 0 Å². The van der Waals surface area contributed by atoms with E-state index >= 15 is 0 Å². The molecule has 0 saturated heterocycles. The Hall–Kier alpha value is -2.72. The maximum atomic E-state index is 12.4. The van der Waals surface area contributed by atoms with Crippen LogP contribution in [0.2, 0.25) is 0 Å². The fraction of sp³-hybridized carbons (Fsp3) is 0.294. The van der Waals surface area contributed by atoms with Gasteiger partial charge in [0.15, 0.2) is 0 Å². The molecule has 0 fully saturated rings. The highest BCUT2D eigenvalue weighted by atomic mass is 32.1. The Morgan fingerprint density at radius 1 is 1.50 bits per heavy atom. The van der Waals surface area contributed by atoms with Crippen molar-refractivity contribution in [2.24, 2.45) is 5.92 Å². The van der Waals surface area contributed by atoms with Crippen LogP contribution in [0.3, 0.4) is 0 Å². The first-order chi connectivity index (χ1) is 11.5. The first-order valence-electron chi connectivity index (χ1n) is 7.60. The second kappa shape index (κ2) is 6.42. The molecule has 0 unspecified atom stereocenters. The molecule has 1 aliphatic rings. The standard InChI is InChI=1S/C17H15N3O3S/c1-10-5-6-13-14(9-18)17(24-15(13)7-10)19-16(21)11-3-2-4-12(8-11)20(22)23/h2-4,8,10H,5-7H2,1H3,(H,19,21)/t10-/m0/s1. The Bertz CT molecular complexity index is 866. The molecular weight excluding hydrogens is 326 g/mol. The topological polar surface area (TPSA) is 96.0 Å². The normalized spacial score (nSPS) is 16.1. The Morgan fingerprint density at radius 3 is 3.00 bits per heavy atom. The number of carbonyl (C=O) groups excluding carboxylic acids is 1. The lowest BCUT2D eigenvalue weighted by molar-refractivity contribution is -0.384. The average Bonchev–Trinajstić information content (AvgIpc) is 2.90. The van der Waals surface area contributed by atoms with E-state index in [0.717, 1.165) is 29.7 Å². The quantitative estimate of drug-likeness (QED) is 0.676. The van der Waals surface area contributed by atoms with E-state index in [9.17, 15) is 20.2 Å². The number of rotatable bonds is 3. The van der Waals surface area contributed by atoms with Gasteiger partial charge in [0.2, 0.25) is 0 Å². The van der Waals surface area contributed by atoms with E-state index in [1.165, 1.54) is 35.6 Å². The summed E-state index contributed by atoms with van der Waals surface area (Å²) in [5, 5.41) is 23.6. The lowest BCUT2D eigenvalue weighted by Gasteiger charge is -2.17. The number of carbonyl (C=O) groups is 1. The zero-order chi connectivity index (χ0) is 17.3. The highest BCUT2D eigenvalue weighted by molar-refractivity contribution is 7.16. The van der Waals surface area contributed by atoms with Gasteiger partial charge in [0.05, 0.1) is 10.5 Å². The maximum Gasteiger partial charge on any atom is 0.270 e. The van der Waals surface area contributed by atoms with E-state index in [2.05, 4.69) is 18.3 Å². The number of amides is 1. The zero-order valence-corrected chi connectivity index (χ0v) is 13.9. The minimum atomic E-state index is -0.539. The molecular formula is C17H15N3O3S. The molecule has 1 heterocycles. The van der Waals surface area contributed by atoms with Gasteiger partial charge in [-0.05, 0) is 36.8 Å². The molecule has 1 aromatic carbocycles. The number of nitro groups is 1. The van der Waals surface area contributed by atoms with Crippen LogP contribution in [0, 0.1) is 27.4 Å². The minimum Gasteiger partial charge on any atom is -0.312 e. The number of non-ortho nitro benzene ring substituents is 1. The van der Waals surface area contributed by atoms with Crippen molar-refractivity contribution in [1.29, 1.82) is 5.26 Å². The summed E-state index contributed by atoms with van der Waals surface area (Å²) < 4.78 is 0. The molecule has 7 heteroatoms. The predicted octanol–water partition coefficient (Wildman–Crippen LogP) is 3.91. The molecule has 6 nitrogen and oxygen atoms in total. The highest BCUT2D eigenvalue weighted by Gasteiger charge is 2.25. The molecule has 0 aliphatic heterocycles. The number of nitro benzene ring substituents is 1. The van der Waals surface area contributed by atoms with Crippen molar-refractivity contribution < 1.29 is 9.72 Å². The Kier molecular flexibility index (Phi) is 4.32. The molecule has 2 aromatic rings. The summed E-state index contributed by atoms with van der Waals surface area (Å²) in [4.78, 5) is 23.8. The fourth-order valence-corrected chi connectivity index (χ4v) is 4.25. The van der Waals surface area contributed by atoms with Gasteiger partial charge in [-0.3, -0.25) is 14.9 Å². The largest absolute Gasteiger partial charge is 0.312 e. The van der Waals surface area contributed by atoms with Crippen LogP contribution in [0.4, 0.5) is 10.7 Å². The molecule has 0 radical (unpaired) electrons. The maximum absolute atomic E-state index is 12.4. The van der Waals surface area contributed by atoms with Gasteiger partial charge in [0, 0.05) is 22.6 Å². The van der Waals surface area contributed by atoms with Gasteiger partial charge in [-0.25, -0.2) is 0 Å². The third-order valence-electron chi connectivity index (χ3n) is 4.17. The number of thiophene rings is 1. The number of nitrogens with one attached hydrogen (secondary N) is 1. The monoisotopic (exact) mass is 341 g/mol. The van der Waals surface area contributed by atoms with Crippen molar-refractivity contribution in [3.63, 3.8) is 0 Å². The fourth-order valence-electron chi connectivity index (χ4n) is 2.89. The summed E-state index contributed by atoms with van der Waals surface area (Å²) in [6.07, 6.45) is 2.81. The summed E-state index contributed by atoms with van der Waals surface area (Å²) in [5.41, 5.74) is 1.63. The van der Waals surface area contributed by atoms with Crippen molar-refractivity contribution in [3.05, 3.63) is 55.9 Å². The second-order valence-electron chi connectivity index (χ2n) is 5.93. The van der Waals surface area contributed by atoms with Crippen LogP contribution < -0.4 is 5.32 Å². The van der Waals surface area contributed by atoms with E-state index in [4.69, 9.17) is 0 Å². The van der Waals surface area contributed by atoms with Crippen LogP contribution in [0.5, 0.6) is 0 Å². The number of anilines is 1. The predicted molar refractivity (Wildman–Crippen MR) is 91.3 cm³/mol. The van der Waals surface area contributed by atoms with E-state index in [1.807, 2.05) is 0 Å². The first kappa shape index (κ1) is 16.1. The molecule has 1 aromatic heterocycles. The van der Waals surface area contributed by atoms with E-state index in [1.54, 1.807) is 0 Å². The lowest BCUT2D eigenvalue weighted by atomic mass is 9.88. The van der Waals surface area contributed by atoms with Crippen molar-refractivity contribution in [3.8, 4) is 6.07 Å². The number of hydrogen-bond acceptors (Lipinski definition) is 5. The lowest BCUT2D eigenvalue weighted by Crippen LogP contribution is -2.12. The van der Waals surface area contributed by atoms with E-state index in [-0.39, 0.29) is 11.3 Å². The molecule has 24 heavy (non-hydrogen) atoms. The Labute approximate surface area is 142 Å². The molecule has 1 aliphatic carbocycles. The SMILES string of the molecule is C[C@H]1CCc2c(sc(NC(=O)c3cccc([N+](=O)[O-])c3)c2C#N)C1. The third kappa shape index (κ3) is 3.01. The van der Waals surface area contributed by atoms with Gasteiger partial charge in [-0.15, -0.1) is 11.3 Å². The van der Waals surface area contributed by atoms with Gasteiger partial charge >= 0.3 is 0 Å². The average molecular weight is 341 g/mol. The minimum absolute atomic E-state index is 0.137. The van der Waals surface area contributed by atoms with Gasteiger partial charge in [-0.1, -0.05) is 13.0 Å². The second-order valence-corrected chi connectivity index (χ2v) is 7.03. The molecule has 1 N–H and O–H groups in total. The summed E-state index contributed by atoms with van der Waals surface area (Å²) >= 11 is 1.44. The van der Waals surface area contributed by atoms with Gasteiger partial charge in [0.25, 0.3) is 11.6 Å². The van der Waals surface area contributed by atoms with Crippen molar-refractivity contribution in [1.82, 2.24) is 0 Å². The van der Waals surface area contributed by atoms with Crippen LogP contribution in [0.1, 0.15) is 39.7 Å². The number of nitrogens with zero attached hydrogens (tertiary/aromatic N) is 2. The molecule has 0 bridgehead atoms. The molecule has 1 amide bonds. The van der Waals surface area contributed by atoms with E-state index < -0.39 is 10.8 Å². The molecule has 0 saturated carbocycles. The van der Waals surface area contributed by atoms with Crippen molar-refractivity contribution in [2.75, 3.05) is 5.32 Å². The number of fused-ring (bicyclic) bond motifs is 1. The summed E-state index contributed by atoms with van der Waals surface area (Å²) in [6.45, 7) is 2.18. The molecule has 0 spiro atoms. The first-order valence-corrected chi connectivity index (χ1v) is 8.41. The van der Waals surface area contributed by atoms with E-state index in [0.29, 0.717) is 16.5 Å². The van der Waals surface area contributed by atoms with Crippen LogP contribution >= 0.6 is 11.3 Å². The zero-order valence-electron chi connectivity index (χ0n) is 13.0. The molecule has 122 valence electrons. The van der Waals surface area contributed by atoms with Gasteiger partial charge in [0.1, 0.15) is 11.1 Å². The van der Waals surface area contributed by atoms with Crippen LogP contribution in [0.15, 0.2) is 24.3 Å². The third-order valence-corrected chi connectivity index (χ3v) is 5.34. The van der Waals surface area contributed by atoms with Crippen molar-refractivity contribution in [2.45, 2.75) is 26.2 Å². The Balaban J connectivity index is 1.89. The summed E-state index contributed by atoms with van der Waals surface area (Å²) in [7, 11) is 0. The number of benzene rings is 1. The molecule has 1 atom stereocenters. The van der Waals surface area contributed by atoms with Crippen molar-refractivity contribution >= 4 is 27.9 Å². The smallest absolute Gasteiger partial charge is 0.270 e. The summed E-state index contributed by atoms with van der Waals surface area (Å²) in [6, 6.07) is 7.75. The van der Waals surface area contributed by atoms with Gasteiger partial charge < -0.3 is 5.32 Å². The van der Waals surface area contributed by atoms with Gasteiger partial charge in [-0.2, -0.15) is 5.26 Å². The molecule has 3 rings (SSSR count). The summed E-state index contributed by atoms with van der Waals surface area (Å²) in [5.74, 6) is 0.130.